The van der Waals surface area contributed by atoms with Gasteiger partial charge in [0.15, 0.2) is 0 Å². The lowest BCUT2D eigenvalue weighted by atomic mass is 9.94. The molecule has 0 spiro atoms. The molecule has 5 rings (SSSR count). The summed E-state index contributed by atoms with van der Waals surface area (Å²) in [4.78, 5) is 38.2. The highest BCUT2D eigenvalue weighted by atomic mass is 16.5. The number of fused-ring (bicyclic) bond motifs is 1. The van der Waals surface area contributed by atoms with Gasteiger partial charge in [-0.25, -0.2) is 15.4 Å². The van der Waals surface area contributed by atoms with Crippen LogP contribution in [0.15, 0.2) is 35.5 Å². The molecule has 3 aromatic rings. The van der Waals surface area contributed by atoms with E-state index in [1.165, 1.54) is 12.2 Å². The van der Waals surface area contributed by atoms with Gasteiger partial charge in [0.1, 0.15) is 5.82 Å². The number of amides is 1. The number of hydrogen-bond donors (Lipinski definition) is 3. The number of nitrogens with one attached hydrogen (secondary N) is 2. The topological polar surface area (TPSA) is 138 Å². The number of carbonyl (C=O) groups excluding carboxylic acids is 1. The molecule has 0 bridgehead atoms. The molecule has 0 aliphatic carbocycles. The Bertz CT molecular complexity index is 1280. The fourth-order valence-corrected chi connectivity index (χ4v) is 5.04. The number of likely N-dealkylation sites (tertiary alicyclic amines) is 1. The normalized spacial score (nSPS) is 21.8. The van der Waals surface area contributed by atoms with Gasteiger partial charge in [-0.1, -0.05) is 6.92 Å². The van der Waals surface area contributed by atoms with Gasteiger partial charge < -0.3 is 9.72 Å². The van der Waals surface area contributed by atoms with Crippen molar-refractivity contribution in [3.05, 3.63) is 58.2 Å². The number of pyridine rings is 1. The average Bonchev–Trinajstić information content (AvgIpc) is 3.47. The molecule has 0 radical (unpaired) electrons. The van der Waals surface area contributed by atoms with E-state index in [0.717, 1.165) is 37.1 Å². The molecule has 3 N–H and O–H groups in total. The van der Waals surface area contributed by atoms with E-state index >= 15 is 0 Å². The van der Waals surface area contributed by atoms with Crippen molar-refractivity contribution in [2.24, 2.45) is 5.92 Å². The molecule has 2 fully saturated rings. The monoisotopic (exact) mass is 479 g/mol. The van der Waals surface area contributed by atoms with Gasteiger partial charge in [-0.2, -0.15) is 5.10 Å². The number of H-pyrrole nitrogens is 1. The highest BCUT2D eigenvalue weighted by Crippen LogP contribution is 2.33. The van der Waals surface area contributed by atoms with Crippen LogP contribution in [-0.4, -0.2) is 67.1 Å². The zero-order chi connectivity index (χ0) is 24.4. The number of hydroxylamine groups is 1. The van der Waals surface area contributed by atoms with Gasteiger partial charge in [0, 0.05) is 61.9 Å². The van der Waals surface area contributed by atoms with E-state index in [9.17, 15) is 9.59 Å². The quantitative estimate of drug-likeness (QED) is 0.275. The van der Waals surface area contributed by atoms with Crippen molar-refractivity contribution in [3.8, 4) is 0 Å². The van der Waals surface area contributed by atoms with Crippen molar-refractivity contribution >= 4 is 22.9 Å². The third-order valence-electron chi connectivity index (χ3n) is 6.88. The smallest absolute Gasteiger partial charge is 0.267 e. The molecule has 3 aromatic heterocycles. The fourth-order valence-electron chi connectivity index (χ4n) is 5.04. The molecular weight excluding hydrogens is 450 g/mol. The number of nitrogens with zero attached hydrogens (tertiary/aromatic N) is 5. The molecule has 0 aromatic carbocycles. The Balaban J connectivity index is 1.31. The van der Waals surface area contributed by atoms with Crippen molar-refractivity contribution in [1.29, 1.82) is 0 Å². The number of carbonyl (C=O) groups is 1. The summed E-state index contributed by atoms with van der Waals surface area (Å²) in [5.41, 5.74) is 3.94. The second kappa shape index (κ2) is 10.1. The molecule has 35 heavy (non-hydrogen) atoms. The summed E-state index contributed by atoms with van der Waals surface area (Å²) in [6.07, 6.45) is 9.49. The number of hydrogen-bond acceptors (Lipinski definition) is 8. The van der Waals surface area contributed by atoms with Crippen LogP contribution >= 0.6 is 0 Å². The Labute approximate surface area is 201 Å². The van der Waals surface area contributed by atoms with Crippen LogP contribution in [0.3, 0.4) is 0 Å². The van der Waals surface area contributed by atoms with Crippen molar-refractivity contribution in [2.45, 2.75) is 38.3 Å². The summed E-state index contributed by atoms with van der Waals surface area (Å²) in [6.45, 7) is 5.88. The van der Waals surface area contributed by atoms with Crippen LogP contribution in [0.4, 0.5) is 0 Å². The minimum atomic E-state index is -0.613. The Morgan fingerprint density at radius 3 is 2.77 bits per heavy atom. The van der Waals surface area contributed by atoms with E-state index in [-0.39, 0.29) is 17.5 Å². The van der Waals surface area contributed by atoms with Gasteiger partial charge in [0.2, 0.25) is 0 Å². The van der Waals surface area contributed by atoms with Crippen LogP contribution in [0, 0.1) is 5.92 Å². The molecule has 2 aliphatic heterocycles. The first-order valence-electron chi connectivity index (χ1n) is 11.9. The highest BCUT2D eigenvalue weighted by Gasteiger charge is 2.32. The van der Waals surface area contributed by atoms with E-state index in [1.54, 1.807) is 24.1 Å². The molecule has 11 heteroatoms. The van der Waals surface area contributed by atoms with Crippen LogP contribution < -0.4 is 11.0 Å². The summed E-state index contributed by atoms with van der Waals surface area (Å²) in [7, 11) is 0. The molecule has 2 saturated heterocycles. The average molecular weight is 480 g/mol. The standard InChI is InChI=1S/C24H29N7O4/c1-15-12-30(14-22-25-9-16(10-26-22)2-3-23(32)29-34)13-19(15)20-8-21-18(24(33)28-20)11-27-31(21)17-4-6-35-7-5-17/h2-3,8-11,15,17,19,34H,4-7,12-14H2,1H3,(H,28,33)(H,29,32)/b3-2+/t15-,19-/m1/s1. The predicted octanol–water partition coefficient (Wildman–Crippen LogP) is 1.62. The van der Waals surface area contributed by atoms with Gasteiger partial charge >= 0.3 is 0 Å². The third-order valence-corrected chi connectivity index (χ3v) is 6.88. The largest absolute Gasteiger partial charge is 0.381 e. The first kappa shape index (κ1) is 23.3. The molecule has 0 unspecified atom stereocenters. The Morgan fingerprint density at radius 1 is 1.26 bits per heavy atom. The lowest BCUT2D eigenvalue weighted by molar-refractivity contribution is -0.124. The lowest BCUT2D eigenvalue weighted by Gasteiger charge is -2.23. The molecule has 2 aliphatic rings. The maximum absolute atomic E-state index is 12.9. The molecule has 5 heterocycles. The molecule has 0 saturated carbocycles. The third kappa shape index (κ3) is 5.02. The van der Waals surface area contributed by atoms with Gasteiger partial charge in [-0.05, 0) is 30.9 Å². The lowest BCUT2D eigenvalue weighted by Crippen LogP contribution is -2.22. The van der Waals surface area contributed by atoms with E-state index in [4.69, 9.17) is 9.94 Å². The van der Waals surface area contributed by atoms with E-state index in [0.29, 0.717) is 42.5 Å². The van der Waals surface area contributed by atoms with Crippen LogP contribution in [-0.2, 0) is 16.1 Å². The van der Waals surface area contributed by atoms with Gasteiger partial charge in [-0.15, -0.1) is 0 Å². The molecular formula is C24H29N7O4. The van der Waals surface area contributed by atoms with Crippen molar-refractivity contribution in [3.63, 3.8) is 0 Å². The van der Waals surface area contributed by atoms with Crippen LogP contribution in [0.2, 0.25) is 0 Å². The summed E-state index contributed by atoms with van der Waals surface area (Å²) in [5.74, 6) is 0.604. The molecule has 1 amide bonds. The zero-order valence-corrected chi connectivity index (χ0v) is 19.6. The van der Waals surface area contributed by atoms with E-state index in [1.807, 2.05) is 4.68 Å². The zero-order valence-electron chi connectivity index (χ0n) is 19.6. The Morgan fingerprint density at radius 2 is 2.03 bits per heavy atom. The van der Waals surface area contributed by atoms with Crippen molar-refractivity contribution in [1.82, 2.24) is 35.1 Å². The summed E-state index contributed by atoms with van der Waals surface area (Å²) < 4.78 is 7.49. The predicted molar refractivity (Wildman–Crippen MR) is 128 cm³/mol. The minimum absolute atomic E-state index is 0.0942. The maximum atomic E-state index is 12.9. The van der Waals surface area contributed by atoms with Gasteiger partial charge in [0.25, 0.3) is 11.5 Å². The number of aromatic amines is 1. The van der Waals surface area contributed by atoms with E-state index < -0.39 is 5.91 Å². The first-order chi connectivity index (χ1) is 17.0. The van der Waals surface area contributed by atoms with E-state index in [2.05, 4.69) is 37.9 Å². The van der Waals surface area contributed by atoms with Gasteiger partial charge in [-0.3, -0.25) is 24.4 Å². The summed E-state index contributed by atoms with van der Waals surface area (Å²) >= 11 is 0. The summed E-state index contributed by atoms with van der Waals surface area (Å²) in [6, 6.07) is 2.35. The van der Waals surface area contributed by atoms with Gasteiger partial charge in [0.05, 0.1) is 29.7 Å². The van der Waals surface area contributed by atoms with Crippen LogP contribution in [0.5, 0.6) is 0 Å². The number of ether oxygens (including phenoxy) is 1. The van der Waals surface area contributed by atoms with Crippen LogP contribution in [0.25, 0.3) is 17.0 Å². The molecule has 11 nitrogen and oxygen atoms in total. The summed E-state index contributed by atoms with van der Waals surface area (Å²) in [5, 5.41) is 13.7. The highest BCUT2D eigenvalue weighted by molar-refractivity contribution is 5.90. The van der Waals surface area contributed by atoms with Crippen molar-refractivity contribution in [2.75, 3.05) is 26.3 Å². The number of rotatable bonds is 6. The Hall–Kier alpha value is -3.41. The molecule has 184 valence electrons. The minimum Gasteiger partial charge on any atom is -0.381 e. The maximum Gasteiger partial charge on any atom is 0.267 e. The SMILES string of the molecule is C[C@@H]1CN(Cc2ncc(/C=C/C(=O)NO)cn2)C[C@H]1c1cc2c(cnn2C2CCOCC2)c(=O)[nH]1. The second-order valence-electron chi connectivity index (χ2n) is 9.31. The fraction of sp³-hybridized carbons (Fsp3) is 0.458. The number of aromatic nitrogens is 5. The first-order valence-corrected chi connectivity index (χ1v) is 11.9. The second-order valence-corrected chi connectivity index (χ2v) is 9.31. The van der Waals surface area contributed by atoms with Crippen molar-refractivity contribution < 1.29 is 14.7 Å². The molecule has 2 atom stereocenters. The van der Waals surface area contributed by atoms with Crippen LogP contribution in [0.1, 0.15) is 48.8 Å². The Kier molecular flexibility index (Phi) is 6.71.